The first-order valence-corrected chi connectivity index (χ1v) is 10.2. The Morgan fingerprint density at radius 3 is 2.77 bits per heavy atom. The first-order valence-electron chi connectivity index (χ1n) is 10.2. The maximum Gasteiger partial charge on any atom is 0.168 e. The summed E-state index contributed by atoms with van der Waals surface area (Å²) < 4.78 is 1.72. The van der Waals surface area contributed by atoms with Crippen LogP contribution in [0.25, 0.3) is 0 Å². The van der Waals surface area contributed by atoms with Gasteiger partial charge in [-0.05, 0) is 32.9 Å². The number of likely N-dealkylation sites (tertiary alicyclic amines) is 1. The maximum atomic E-state index is 9.96. The normalized spacial score (nSPS) is 17.0. The molecule has 2 atom stereocenters. The third-order valence-electron chi connectivity index (χ3n) is 4.90. The van der Waals surface area contributed by atoms with Gasteiger partial charge in [-0.15, -0.1) is 0 Å². The quantitative estimate of drug-likeness (QED) is 0.311. The van der Waals surface area contributed by atoms with Crippen molar-refractivity contribution in [1.29, 1.82) is 0 Å². The summed E-state index contributed by atoms with van der Waals surface area (Å²) in [7, 11) is 0. The SMILES string of the molecule is CCO/N=C(\C(C)C#Cc1ccc(CN2CC(CO)C2)nc1)n1ccnc1[C@H](C)O. The maximum absolute atomic E-state index is 9.96. The van der Waals surface area contributed by atoms with Gasteiger partial charge in [-0.2, -0.15) is 0 Å². The Hall–Kier alpha value is -2.73. The molecule has 2 aromatic heterocycles. The van der Waals surface area contributed by atoms with Crippen LogP contribution in [0.2, 0.25) is 0 Å². The first kappa shape index (κ1) is 22.0. The molecule has 8 nitrogen and oxygen atoms in total. The lowest BCUT2D eigenvalue weighted by atomic mass is 10.0. The molecule has 0 aromatic carbocycles. The topological polar surface area (TPSA) is 96.0 Å². The molecular formula is C22H29N5O3. The molecule has 0 radical (unpaired) electrons. The van der Waals surface area contributed by atoms with E-state index >= 15 is 0 Å². The molecule has 1 aliphatic rings. The van der Waals surface area contributed by atoms with Gasteiger partial charge in [-0.1, -0.05) is 17.0 Å². The van der Waals surface area contributed by atoms with E-state index in [0.29, 0.717) is 24.2 Å². The Morgan fingerprint density at radius 1 is 1.33 bits per heavy atom. The van der Waals surface area contributed by atoms with E-state index in [1.54, 1.807) is 30.1 Å². The van der Waals surface area contributed by atoms with Crippen LogP contribution >= 0.6 is 0 Å². The predicted octanol–water partition coefficient (Wildman–Crippen LogP) is 1.64. The highest BCUT2D eigenvalue weighted by atomic mass is 16.6. The lowest BCUT2D eigenvalue weighted by Crippen LogP contribution is -2.47. The molecule has 1 saturated heterocycles. The lowest BCUT2D eigenvalue weighted by molar-refractivity contribution is 0.0470. The van der Waals surface area contributed by atoms with Crippen LogP contribution in [-0.4, -0.2) is 61.8 Å². The number of aliphatic hydroxyl groups excluding tert-OH is 2. The first-order chi connectivity index (χ1) is 14.5. The Kier molecular flexibility index (Phi) is 7.57. The van der Waals surface area contributed by atoms with Crippen LogP contribution in [0.15, 0.2) is 35.9 Å². The zero-order valence-electron chi connectivity index (χ0n) is 17.7. The molecule has 30 heavy (non-hydrogen) atoms. The van der Waals surface area contributed by atoms with Gasteiger partial charge in [-0.3, -0.25) is 14.5 Å². The molecular weight excluding hydrogens is 382 g/mol. The Labute approximate surface area is 177 Å². The van der Waals surface area contributed by atoms with E-state index < -0.39 is 6.10 Å². The molecule has 3 heterocycles. The number of oxime groups is 1. The molecule has 1 fully saturated rings. The van der Waals surface area contributed by atoms with Gasteiger partial charge in [0.1, 0.15) is 18.5 Å². The van der Waals surface area contributed by atoms with Crippen molar-refractivity contribution in [2.24, 2.45) is 17.0 Å². The molecule has 1 unspecified atom stereocenters. The minimum Gasteiger partial charge on any atom is -0.396 e. The molecule has 0 saturated carbocycles. The zero-order valence-corrected chi connectivity index (χ0v) is 17.7. The fraction of sp³-hybridized carbons (Fsp3) is 0.500. The minimum absolute atomic E-state index is 0.251. The van der Waals surface area contributed by atoms with E-state index in [1.165, 1.54) is 0 Å². The number of pyridine rings is 1. The van der Waals surface area contributed by atoms with Crippen molar-refractivity contribution in [2.75, 3.05) is 26.3 Å². The Balaban J connectivity index is 1.69. The second-order valence-electron chi connectivity index (χ2n) is 7.47. The summed E-state index contributed by atoms with van der Waals surface area (Å²) in [5, 5.41) is 23.3. The van der Waals surface area contributed by atoms with Crippen LogP contribution in [-0.2, 0) is 11.4 Å². The molecule has 3 rings (SSSR count). The van der Waals surface area contributed by atoms with Gasteiger partial charge < -0.3 is 15.1 Å². The van der Waals surface area contributed by atoms with Gasteiger partial charge in [0.25, 0.3) is 0 Å². The second kappa shape index (κ2) is 10.3. The van der Waals surface area contributed by atoms with Crippen molar-refractivity contribution in [3.63, 3.8) is 0 Å². The van der Waals surface area contributed by atoms with Crippen LogP contribution in [0.4, 0.5) is 0 Å². The summed E-state index contributed by atoms with van der Waals surface area (Å²) >= 11 is 0. The van der Waals surface area contributed by atoms with E-state index in [1.807, 2.05) is 26.0 Å². The largest absolute Gasteiger partial charge is 0.396 e. The van der Waals surface area contributed by atoms with Crippen LogP contribution in [0, 0.1) is 23.7 Å². The van der Waals surface area contributed by atoms with Crippen LogP contribution < -0.4 is 0 Å². The van der Waals surface area contributed by atoms with E-state index in [2.05, 4.69) is 31.9 Å². The summed E-state index contributed by atoms with van der Waals surface area (Å²) in [6.45, 7) is 8.76. The van der Waals surface area contributed by atoms with Crippen molar-refractivity contribution < 1.29 is 15.1 Å². The summed E-state index contributed by atoms with van der Waals surface area (Å²) in [6, 6.07) is 3.95. The van der Waals surface area contributed by atoms with Crippen molar-refractivity contribution in [2.45, 2.75) is 33.4 Å². The van der Waals surface area contributed by atoms with Gasteiger partial charge in [0, 0.05) is 56.3 Å². The van der Waals surface area contributed by atoms with Gasteiger partial charge in [0.2, 0.25) is 0 Å². The zero-order chi connectivity index (χ0) is 21.5. The standard InChI is InChI=1S/C22H29N5O3/c1-4-30-25-21(27-10-9-23-22(27)17(3)29)16(2)5-6-18-7-8-20(24-11-18)14-26-12-19(13-26)15-28/h7-11,16-17,19,28-29H,4,12-15H2,1-3H3/b25-21+/t16?,17-/m0/s1. The summed E-state index contributed by atoms with van der Waals surface area (Å²) in [4.78, 5) is 16.2. The molecule has 160 valence electrons. The number of hydrogen-bond acceptors (Lipinski definition) is 7. The third-order valence-corrected chi connectivity index (χ3v) is 4.90. The number of nitrogens with zero attached hydrogens (tertiary/aromatic N) is 5. The van der Waals surface area contributed by atoms with Gasteiger partial charge in [-0.25, -0.2) is 4.98 Å². The summed E-state index contributed by atoms with van der Waals surface area (Å²) in [6.07, 6.45) is 4.40. The van der Waals surface area contributed by atoms with Gasteiger partial charge in [0.15, 0.2) is 5.84 Å². The van der Waals surface area contributed by atoms with Crippen LogP contribution in [0.5, 0.6) is 0 Å². The lowest BCUT2D eigenvalue weighted by Gasteiger charge is -2.37. The van der Waals surface area contributed by atoms with Crippen molar-refractivity contribution in [3.05, 3.63) is 47.8 Å². The fourth-order valence-corrected chi connectivity index (χ4v) is 3.28. The monoisotopic (exact) mass is 411 g/mol. The van der Waals surface area contributed by atoms with Crippen LogP contribution in [0.1, 0.15) is 44.0 Å². The molecule has 0 bridgehead atoms. The van der Waals surface area contributed by atoms with E-state index in [9.17, 15) is 5.11 Å². The number of aliphatic hydroxyl groups is 2. The van der Waals surface area contributed by atoms with Crippen molar-refractivity contribution in [1.82, 2.24) is 19.4 Å². The molecule has 1 aliphatic heterocycles. The van der Waals surface area contributed by atoms with Crippen molar-refractivity contribution >= 4 is 5.84 Å². The third kappa shape index (κ3) is 5.45. The summed E-state index contributed by atoms with van der Waals surface area (Å²) in [5.41, 5.74) is 1.81. The molecule has 2 aromatic rings. The molecule has 2 N–H and O–H groups in total. The van der Waals surface area contributed by atoms with E-state index in [0.717, 1.165) is 30.9 Å². The molecule has 0 amide bonds. The van der Waals surface area contributed by atoms with Crippen LogP contribution in [0.3, 0.4) is 0 Å². The van der Waals surface area contributed by atoms with Gasteiger partial charge >= 0.3 is 0 Å². The Bertz CT molecular complexity index is 905. The smallest absolute Gasteiger partial charge is 0.168 e. The number of rotatable bonds is 7. The predicted molar refractivity (Wildman–Crippen MR) is 113 cm³/mol. The summed E-state index contributed by atoms with van der Waals surface area (Å²) in [5.74, 6) is 7.54. The highest BCUT2D eigenvalue weighted by Crippen LogP contribution is 2.17. The molecule has 8 heteroatoms. The van der Waals surface area contributed by atoms with E-state index in [4.69, 9.17) is 9.94 Å². The molecule has 0 spiro atoms. The second-order valence-corrected chi connectivity index (χ2v) is 7.47. The molecule has 0 aliphatic carbocycles. The van der Waals surface area contributed by atoms with E-state index in [-0.39, 0.29) is 12.5 Å². The average Bonchev–Trinajstić information content (AvgIpc) is 3.20. The number of aromatic nitrogens is 3. The fourth-order valence-electron chi connectivity index (χ4n) is 3.28. The van der Waals surface area contributed by atoms with Crippen molar-refractivity contribution in [3.8, 4) is 11.8 Å². The number of hydrogen-bond donors (Lipinski definition) is 2. The average molecular weight is 412 g/mol. The highest BCUT2D eigenvalue weighted by Gasteiger charge is 2.25. The van der Waals surface area contributed by atoms with Gasteiger partial charge in [0.05, 0.1) is 11.6 Å². The Morgan fingerprint density at radius 2 is 2.13 bits per heavy atom. The number of imidazole rings is 1. The minimum atomic E-state index is -0.734. The highest BCUT2D eigenvalue weighted by molar-refractivity contribution is 5.89.